The fraction of sp³-hybridized carbons (Fsp3) is 0.0435. The average Bonchev–Trinajstić information content (AvgIpc) is 3.07. The predicted molar refractivity (Wildman–Crippen MR) is 101 cm³/mol. The van der Waals surface area contributed by atoms with Crippen molar-refractivity contribution in [3.63, 3.8) is 0 Å². The summed E-state index contributed by atoms with van der Waals surface area (Å²) in [7, 11) is 0. The first kappa shape index (κ1) is 14.1. The zero-order valence-corrected chi connectivity index (χ0v) is 13.7. The maximum Gasteiger partial charge on any atom is 0.0974 e. The van der Waals surface area contributed by atoms with Gasteiger partial charge in [-0.15, -0.1) is 0 Å². The Morgan fingerprint density at radius 2 is 1.48 bits per heavy atom. The molecule has 2 heterocycles. The Kier molecular flexibility index (Phi) is 3.20. The van der Waals surface area contributed by atoms with Crippen molar-refractivity contribution >= 4 is 0 Å². The molecule has 0 amide bonds. The lowest BCUT2D eigenvalue weighted by Gasteiger charge is -2.12. The molecule has 0 N–H and O–H groups in total. The lowest BCUT2D eigenvalue weighted by molar-refractivity contribution is 1.21. The zero-order valence-electron chi connectivity index (χ0n) is 13.7. The van der Waals surface area contributed by atoms with Crippen LogP contribution in [0.5, 0.6) is 0 Å². The summed E-state index contributed by atoms with van der Waals surface area (Å²) in [5.41, 5.74) is 9.25. The van der Waals surface area contributed by atoms with Crippen molar-refractivity contribution in [2.75, 3.05) is 0 Å². The third-order valence-electron chi connectivity index (χ3n) is 4.75. The number of fused-ring (bicyclic) bond motifs is 3. The van der Waals surface area contributed by atoms with E-state index in [-0.39, 0.29) is 0 Å². The van der Waals surface area contributed by atoms with Gasteiger partial charge in [0.25, 0.3) is 0 Å². The van der Waals surface area contributed by atoms with Gasteiger partial charge < -0.3 is 0 Å². The van der Waals surface area contributed by atoms with E-state index in [1.807, 2.05) is 30.5 Å². The van der Waals surface area contributed by atoms with Crippen LogP contribution in [0.15, 0.2) is 85.1 Å². The minimum absolute atomic E-state index is 0.924. The van der Waals surface area contributed by atoms with E-state index in [9.17, 15) is 0 Å². The van der Waals surface area contributed by atoms with E-state index in [0.29, 0.717) is 0 Å². The Morgan fingerprint density at radius 3 is 2.32 bits per heavy atom. The number of nitrogens with zero attached hydrogens (tertiary/aromatic N) is 2. The minimum Gasteiger partial charge on any atom is -0.255 e. The first-order valence-corrected chi connectivity index (χ1v) is 8.49. The largest absolute Gasteiger partial charge is 0.255 e. The van der Waals surface area contributed by atoms with Crippen LogP contribution in [0, 0.1) is 0 Å². The van der Waals surface area contributed by atoms with Crippen LogP contribution in [0.3, 0.4) is 0 Å². The van der Waals surface area contributed by atoms with Gasteiger partial charge in [-0.2, -0.15) is 0 Å². The molecule has 4 aromatic rings. The van der Waals surface area contributed by atoms with Gasteiger partial charge in [-0.3, -0.25) is 4.98 Å². The molecule has 118 valence electrons. The van der Waals surface area contributed by atoms with E-state index in [2.05, 4.69) is 59.6 Å². The van der Waals surface area contributed by atoms with Gasteiger partial charge in [0, 0.05) is 17.3 Å². The monoisotopic (exact) mass is 320 g/mol. The summed E-state index contributed by atoms with van der Waals surface area (Å²) in [6, 6.07) is 27.2. The zero-order chi connectivity index (χ0) is 16.6. The third-order valence-corrected chi connectivity index (χ3v) is 4.75. The quantitative estimate of drug-likeness (QED) is 0.436. The van der Waals surface area contributed by atoms with Crippen molar-refractivity contribution in [2.24, 2.45) is 0 Å². The second-order valence-corrected chi connectivity index (χ2v) is 6.31. The molecule has 0 saturated heterocycles. The van der Waals surface area contributed by atoms with E-state index in [0.717, 1.165) is 29.1 Å². The Bertz CT molecular complexity index is 1050. The molecule has 5 rings (SSSR count). The van der Waals surface area contributed by atoms with Gasteiger partial charge in [-0.25, -0.2) is 4.98 Å². The molecule has 0 radical (unpaired) electrons. The van der Waals surface area contributed by atoms with E-state index in [1.165, 1.54) is 22.3 Å². The van der Waals surface area contributed by atoms with Crippen LogP contribution in [-0.4, -0.2) is 9.97 Å². The molecule has 0 atom stereocenters. The molecule has 2 aromatic heterocycles. The van der Waals surface area contributed by atoms with Crippen LogP contribution in [-0.2, 0) is 6.42 Å². The number of benzene rings is 2. The van der Waals surface area contributed by atoms with Crippen molar-refractivity contribution < 1.29 is 0 Å². The summed E-state index contributed by atoms with van der Waals surface area (Å²) in [5, 5.41) is 0. The van der Waals surface area contributed by atoms with E-state index >= 15 is 0 Å². The smallest absolute Gasteiger partial charge is 0.0974 e. The average molecular weight is 320 g/mol. The normalized spacial score (nSPS) is 11.8. The van der Waals surface area contributed by atoms with Crippen LogP contribution in [0.1, 0.15) is 11.1 Å². The summed E-state index contributed by atoms with van der Waals surface area (Å²) in [6.07, 6.45) is 2.78. The fourth-order valence-electron chi connectivity index (χ4n) is 3.61. The SMILES string of the molecule is c1ccc(-c2cc3c(c(-c4ccccn4)n2)-c2ccccc2C3)cc1. The fourth-order valence-corrected chi connectivity index (χ4v) is 3.61. The van der Waals surface area contributed by atoms with Gasteiger partial charge in [-0.05, 0) is 41.3 Å². The van der Waals surface area contributed by atoms with Crippen molar-refractivity contribution in [1.82, 2.24) is 9.97 Å². The number of hydrogen-bond acceptors (Lipinski definition) is 2. The standard InChI is InChI=1S/C23H16N2/c1-2-8-16(9-3-1)21-15-18-14-17-10-4-5-11-19(17)22(18)23(25-21)20-12-6-7-13-24-20/h1-13,15H,14H2. The molecule has 2 nitrogen and oxygen atoms in total. The van der Waals surface area contributed by atoms with Gasteiger partial charge in [0.1, 0.15) is 0 Å². The van der Waals surface area contributed by atoms with Crippen molar-refractivity contribution in [3.8, 4) is 33.8 Å². The van der Waals surface area contributed by atoms with Crippen LogP contribution >= 0.6 is 0 Å². The summed E-state index contributed by atoms with van der Waals surface area (Å²) < 4.78 is 0. The van der Waals surface area contributed by atoms with Gasteiger partial charge in [0.15, 0.2) is 0 Å². The molecule has 25 heavy (non-hydrogen) atoms. The molecule has 0 saturated carbocycles. The molecule has 0 unspecified atom stereocenters. The molecule has 0 fully saturated rings. The minimum atomic E-state index is 0.924. The van der Waals surface area contributed by atoms with Gasteiger partial charge >= 0.3 is 0 Å². The molecule has 0 bridgehead atoms. The summed E-state index contributed by atoms with van der Waals surface area (Å²) in [6.45, 7) is 0. The number of pyridine rings is 2. The van der Waals surface area contributed by atoms with E-state index < -0.39 is 0 Å². The highest BCUT2D eigenvalue weighted by atomic mass is 14.8. The van der Waals surface area contributed by atoms with E-state index in [4.69, 9.17) is 4.98 Å². The Hall–Kier alpha value is -3.26. The van der Waals surface area contributed by atoms with Gasteiger partial charge in [0.05, 0.1) is 17.1 Å². The van der Waals surface area contributed by atoms with E-state index in [1.54, 1.807) is 0 Å². The van der Waals surface area contributed by atoms with Crippen molar-refractivity contribution in [3.05, 3.63) is 96.2 Å². The molecule has 2 aromatic carbocycles. The summed E-state index contributed by atoms with van der Waals surface area (Å²) in [5.74, 6) is 0. The lowest BCUT2D eigenvalue weighted by atomic mass is 9.99. The van der Waals surface area contributed by atoms with Crippen LogP contribution in [0.25, 0.3) is 33.8 Å². The highest BCUT2D eigenvalue weighted by molar-refractivity contribution is 5.89. The molecule has 1 aliphatic rings. The summed E-state index contributed by atoms with van der Waals surface area (Å²) in [4.78, 5) is 9.59. The second kappa shape index (κ2) is 5.67. The first-order valence-electron chi connectivity index (χ1n) is 8.49. The highest BCUT2D eigenvalue weighted by Crippen LogP contribution is 2.43. The molecule has 1 aliphatic carbocycles. The number of hydrogen-bond donors (Lipinski definition) is 0. The topological polar surface area (TPSA) is 25.8 Å². The first-order chi connectivity index (χ1) is 12.4. The highest BCUT2D eigenvalue weighted by Gasteiger charge is 2.24. The molecule has 0 aliphatic heterocycles. The van der Waals surface area contributed by atoms with Crippen molar-refractivity contribution in [2.45, 2.75) is 6.42 Å². The number of rotatable bonds is 2. The van der Waals surface area contributed by atoms with Crippen LogP contribution in [0.4, 0.5) is 0 Å². The maximum absolute atomic E-state index is 5.02. The third kappa shape index (κ3) is 2.34. The van der Waals surface area contributed by atoms with Crippen molar-refractivity contribution in [1.29, 1.82) is 0 Å². The molecular formula is C23H16N2. The Morgan fingerprint density at radius 1 is 0.680 bits per heavy atom. The lowest BCUT2D eigenvalue weighted by Crippen LogP contribution is -1.95. The Balaban J connectivity index is 1.80. The molecule has 0 spiro atoms. The number of aromatic nitrogens is 2. The molecular weight excluding hydrogens is 304 g/mol. The van der Waals surface area contributed by atoms with Crippen LogP contribution in [0.2, 0.25) is 0 Å². The maximum atomic E-state index is 5.02. The van der Waals surface area contributed by atoms with Gasteiger partial charge in [-0.1, -0.05) is 60.7 Å². The summed E-state index contributed by atoms with van der Waals surface area (Å²) >= 11 is 0. The Labute approximate surface area is 146 Å². The van der Waals surface area contributed by atoms with Crippen LogP contribution < -0.4 is 0 Å². The molecule has 2 heteroatoms. The predicted octanol–water partition coefficient (Wildman–Crippen LogP) is 5.38. The van der Waals surface area contributed by atoms with Gasteiger partial charge in [0.2, 0.25) is 0 Å². The second-order valence-electron chi connectivity index (χ2n) is 6.31.